The molecule has 1 N–H and O–H groups in total. The number of nitrogens with one attached hydrogen (secondary N) is 1. The Morgan fingerprint density at radius 1 is 1.30 bits per heavy atom. The molecule has 0 radical (unpaired) electrons. The average molecular weight is 425 g/mol. The maximum absolute atomic E-state index is 12.5. The van der Waals surface area contributed by atoms with Crippen LogP contribution >= 0.6 is 11.6 Å². The molecule has 2 aliphatic heterocycles. The topological polar surface area (TPSA) is 85.7 Å². The van der Waals surface area contributed by atoms with Crippen molar-refractivity contribution in [3.63, 3.8) is 0 Å². The van der Waals surface area contributed by atoms with Gasteiger partial charge in [-0.1, -0.05) is 17.7 Å². The molecule has 1 fully saturated rings. The smallest absolute Gasteiger partial charge is 0.315 e. The van der Waals surface area contributed by atoms with Gasteiger partial charge in [0.1, 0.15) is 11.8 Å². The lowest BCUT2D eigenvalue weighted by atomic mass is 10.1. The Labute approximate surface area is 179 Å². The molecule has 2 aliphatic rings. The van der Waals surface area contributed by atoms with Crippen molar-refractivity contribution in [1.82, 2.24) is 4.90 Å². The number of fused-ring (bicyclic) bond motifs is 1. The summed E-state index contributed by atoms with van der Waals surface area (Å²) in [4.78, 5) is 28.2. The molecule has 0 aliphatic carbocycles. The van der Waals surface area contributed by atoms with Crippen molar-refractivity contribution in [2.24, 2.45) is 0 Å². The summed E-state index contributed by atoms with van der Waals surface area (Å²) in [5.41, 5.74) is 2.87. The second-order valence-corrected chi connectivity index (χ2v) is 7.97. The fraction of sp³-hybridized carbons (Fsp3) is 0.318. The predicted octanol–water partition coefficient (Wildman–Crippen LogP) is 2.82. The lowest BCUT2D eigenvalue weighted by Crippen LogP contribution is -2.53. The summed E-state index contributed by atoms with van der Waals surface area (Å²) < 4.78 is 5.14. The van der Waals surface area contributed by atoms with Crippen molar-refractivity contribution < 1.29 is 14.3 Å². The zero-order chi connectivity index (χ0) is 21.3. The Morgan fingerprint density at radius 2 is 2.13 bits per heavy atom. The average Bonchev–Trinajstić information content (AvgIpc) is 3.09. The van der Waals surface area contributed by atoms with E-state index in [1.165, 1.54) is 0 Å². The summed E-state index contributed by atoms with van der Waals surface area (Å²) in [7, 11) is 0. The molecule has 0 saturated carbocycles. The summed E-state index contributed by atoms with van der Waals surface area (Å²) in [5, 5.41) is 12.5. The monoisotopic (exact) mass is 424 g/mol. The van der Waals surface area contributed by atoms with Gasteiger partial charge in [-0.3, -0.25) is 14.5 Å². The maximum Gasteiger partial charge on any atom is 0.315 e. The molecule has 7 nitrogen and oxygen atoms in total. The molecule has 0 spiro atoms. The maximum atomic E-state index is 12.5. The van der Waals surface area contributed by atoms with Crippen molar-refractivity contribution in [3.05, 3.63) is 52.5 Å². The molecule has 2 aromatic carbocycles. The molecule has 4 rings (SSSR count). The predicted molar refractivity (Wildman–Crippen MR) is 114 cm³/mol. The number of carbonyl (C=O) groups is 2. The number of anilines is 2. The van der Waals surface area contributed by atoms with Gasteiger partial charge in [0.25, 0.3) is 0 Å². The zero-order valence-electron chi connectivity index (χ0n) is 16.5. The van der Waals surface area contributed by atoms with E-state index >= 15 is 0 Å². The third-order valence-electron chi connectivity index (χ3n) is 5.46. The third kappa shape index (κ3) is 4.25. The van der Waals surface area contributed by atoms with Gasteiger partial charge in [0.15, 0.2) is 0 Å². The van der Waals surface area contributed by atoms with Crippen LogP contribution in [-0.4, -0.2) is 49.0 Å². The number of hydrogen-bond donors (Lipinski definition) is 1. The normalized spacial score (nSPS) is 18.5. The van der Waals surface area contributed by atoms with E-state index in [1.54, 1.807) is 30.3 Å². The molecular weight excluding hydrogens is 404 g/mol. The number of benzene rings is 2. The number of nitriles is 1. The van der Waals surface area contributed by atoms with E-state index in [2.05, 4.69) is 28.1 Å². The summed E-state index contributed by atoms with van der Waals surface area (Å²) in [6.45, 7) is 4.57. The highest BCUT2D eigenvalue weighted by Gasteiger charge is 2.26. The van der Waals surface area contributed by atoms with Crippen LogP contribution < -0.4 is 15.0 Å². The Hall–Kier alpha value is -3.08. The molecular formula is C22H21ClN4O3. The minimum Gasteiger partial charge on any atom is -0.426 e. The van der Waals surface area contributed by atoms with Gasteiger partial charge in [-0.25, -0.2) is 0 Å². The Balaban J connectivity index is 1.34. The van der Waals surface area contributed by atoms with E-state index in [4.69, 9.17) is 16.3 Å². The van der Waals surface area contributed by atoms with Gasteiger partial charge in [0, 0.05) is 48.7 Å². The second kappa shape index (κ2) is 8.34. The highest BCUT2D eigenvalue weighted by molar-refractivity contribution is 6.31. The molecule has 0 bridgehead atoms. The van der Waals surface area contributed by atoms with Crippen molar-refractivity contribution in [2.75, 3.05) is 36.4 Å². The van der Waals surface area contributed by atoms with E-state index in [1.807, 2.05) is 6.07 Å². The number of amides is 1. The lowest BCUT2D eigenvalue weighted by Gasteiger charge is -2.40. The van der Waals surface area contributed by atoms with Crippen LogP contribution in [0.3, 0.4) is 0 Å². The summed E-state index contributed by atoms with van der Waals surface area (Å²) >= 11 is 6.03. The van der Waals surface area contributed by atoms with E-state index < -0.39 is 0 Å². The zero-order valence-corrected chi connectivity index (χ0v) is 17.3. The van der Waals surface area contributed by atoms with Crippen LogP contribution in [0.25, 0.3) is 0 Å². The van der Waals surface area contributed by atoms with Crippen LogP contribution in [-0.2, 0) is 16.0 Å². The van der Waals surface area contributed by atoms with Gasteiger partial charge in [-0.05, 0) is 31.2 Å². The highest BCUT2D eigenvalue weighted by atomic mass is 35.5. The molecule has 2 heterocycles. The van der Waals surface area contributed by atoms with Crippen LogP contribution in [0, 0.1) is 11.3 Å². The van der Waals surface area contributed by atoms with Crippen molar-refractivity contribution in [1.29, 1.82) is 5.26 Å². The fourth-order valence-electron chi connectivity index (χ4n) is 3.83. The molecule has 1 saturated heterocycles. The van der Waals surface area contributed by atoms with Crippen molar-refractivity contribution in [2.45, 2.75) is 19.4 Å². The second-order valence-electron chi connectivity index (χ2n) is 7.56. The van der Waals surface area contributed by atoms with Crippen LogP contribution in [0.2, 0.25) is 5.02 Å². The van der Waals surface area contributed by atoms with Crippen LogP contribution in [0.15, 0.2) is 36.4 Å². The van der Waals surface area contributed by atoms with E-state index in [-0.39, 0.29) is 30.9 Å². The van der Waals surface area contributed by atoms with Crippen LogP contribution in [0.5, 0.6) is 5.75 Å². The highest BCUT2D eigenvalue weighted by Crippen LogP contribution is 2.29. The number of ether oxygens (including phenoxy) is 1. The summed E-state index contributed by atoms with van der Waals surface area (Å²) in [6, 6.07) is 13.0. The van der Waals surface area contributed by atoms with E-state index in [0.29, 0.717) is 22.0 Å². The first kappa shape index (κ1) is 20.2. The number of carbonyl (C=O) groups excluding carboxylic acids is 2. The first-order valence-corrected chi connectivity index (χ1v) is 10.1. The number of nitrogens with zero attached hydrogens (tertiary/aromatic N) is 3. The van der Waals surface area contributed by atoms with E-state index in [9.17, 15) is 14.9 Å². The Kier molecular flexibility index (Phi) is 5.62. The fourth-order valence-corrected chi connectivity index (χ4v) is 3.99. The number of esters is 1. The van der Waals surface area contributed by atoms with Gasteiger partial charge in [-0.2, -0.15) is 5.26 Å². The molecule has 30 heavy (non-hydrogen) atoms. The first-order valence-electron chi connectivity index (χ1n) is 9.75. The summed E-state index contributed by atoms with van der Waals surface area (Å²) in [6.07, 6.45) is 0.273. The molecule has 8 heteroatoms. The Bertz CT molecular complexity index is 1050. The minimum atomic E-state index is -0.275. The number of halogens is 1. The number of hydrogen-bond acceptors (Lipinski definition) is 6. The minimum absolute atomic E-state index is 0.113. The van der Waals surface area contributed by atoms with Gasteiger partial charge < -0.3 is 15.0 Å². The Morgan fingerprint density at radius 3 is 2.90 bits per heavy atom. The number of piperazine rings is 1. The quantitative estimate of drug-likeness (QED) is 0.600. The molecule has 154 valence electrons. The van der Waals surface area contributed by atoms with Crippen LogP contribution in [0.4, 0.5) is 11.4 Å². The molecule has 1 amide bonds. The molecule has 0 unspecified atom stereocenters. The lowest BCUT2D eigenvalue weighted by molar-refractivity contribution is -0.131. The molecule has 0 aromatic heterocycles. The molecule has 1 atom stereocenters. The SMILES string of the molecule is C[C@@H]1CN(c2ccc(Cl)c(C#N)c2)CCN1CC(=O)Nc1ccc2c(c1)OC(=O)C2. The van der Waals surface area contributed by atoms with Gasteiger partial charge in [-0.15, -0.1) is 0 Å². The van der Waals surface area contributed by atoms with Crippen LogP contribution in [0.1, 0.15) is 18.1 Å². The van der Waals surface area contributed by atoms with Gasteiger partial charge in [0.2, 0.25) is 5.91 Å². The summed E-state index contributed by atoms with van der Waals surface area (Å²) in [5.74, 6) is 0.125. The third-order valence-corrected chi connectivity index (χ3v) is 5.79. The molecule has 2 aromatic rings. The van der Waals surface area contributed by atoms with Gasteiger partial charge in [0.05, 0.1) is 23.6 Å². The first-order chi connectivity index (χ1) is 14.4. The van der Waals surface area contributed by atoms with Crippen molar-refractivity contribution in [3.8, 4) is 11.8 Å². The van der Waals surface area contributed by atoms with E-state index in [0.717, 1.165) is 30.9 Å². The largest absolute Gasteiger partial charge is 0.426 e. The number of rotatable bonds is 4. The van der Waals surface area contributed by atoms with Crippen molar-refractivity contribution >= 4 is 34.9 Å². The standard InChI is InChI=1S/C22H21ClN4O3/c1-14-12-27(18-4-5-19(23)16(8-18)11-24)7-6-26(14)13-21(28)25-17-3-2-15-9-22(29)30-20(15)10-17/h2-5,8,10,14H,6-7,9,12-13H2,1H3,(H,25,28)/t14-/m1/s1. The van der Waals surface area contributed by atoms with Gasteiger partial charge >= 0.3 is 5.97 Å².